The summed E-state index contributed by atoms with van der Waals surface area (Å²) < 4.78 is 0. The number of benzene rings is 3. The summed E-state index contributed by atoms with van der Waals surface area (Å²) in [5.74, 6) is 0.361. The average molecular weight is 492 g/mol. The van der Waals surface area contributed by atoms with Crippen LogP contribution in [-0.4, -0.2) is 9.97 Å². The summed E-state index contributed by atoms with van der Waals surface area (Å²) in [5, 5.41) is 2.19. The zero-order valence-electron chi connectivity index (χ0n) is 21.7. The zero-order valence-corrected chi connectivity index (χ0v) is 21.7. The molecule has 184 valence electrons. The van der Waals surface area contributed by atoms with Gasteiger partial charge in [-0.05, 0) is 84.0 Å². The lowest BCUT2D eigenvalue weighted by atomic mass is 9.85. The number of nitrogens with zero attached hydrogens (tertiary/aromatic N) is 3. The molecular weight excluding hydrogens is 462 g/mol. The van der Waals surface area contributed by atoms with Crippen LogP contribution in [0, 0.1) is 0 Å². The van der Waals surface area contributed by atoms with Gasteiger partial charge < -0.3 is 4.90 Å². The maximum atomic E-state index is 4.81. The molecule has 3 aromatic carbocycles. The van der Waals surface area contributed by atoms with Crippen molar-refractivity contribution in [2.24, 2.45) is 0 Å². The van der Waals surface area contributed by atoms with Crippen LogP contribution in [0.15, 0.2) is 126 Å². The molecule has 0 aliphatic heterocycles. The summed E-state index contributed by atoms with van der Waals surface area (Å²) in [6, 6.07) is 30.3. The predicted molar refractivity (Wildman–Crippen MR) is 158 cm³/mol. The van der Waals surface area contributed by atoms with Crippen molar-refractivity contribution in [3.63, 3.8) is 0 Å². The minimum atomic E-state index is 0.361. The van der Waals surface area contributed by atoms with Gasteiger partial charge in [0.15, 0.2) is 0 Å². The first-order valence-electron chi connectivity index (χ1n) is 13.4. The molecule has 0 spiro atoms. The van der Waals surface area contributed by atoms with Crippen LogP contribution < -0.4 is 4.90 Å². The highest BCUT2D eigenvalue weighted by molar-refractivity contribution is 6.10. The maximum Gasteiger partial charge on any atom is 0.0985 e. The van der Waals surface area contributed by atoms with E-state index in [1.807, 2.05) is 24.5 Å². The van der Waals surface area contributed by atoms with Gasteiger partial charge in [-0.3, -0.25) is 9.97 Å². The summed E-state index contributed by atoms with van der Waals surface area (Å²) in [6.07, 6.45) is 10.5. The van der Waals surface area contributed by atoms with Gasteiger partial charge in [-0.25, -0.2) is 0 Å². The molecule has 0 amide bonds. The molecule has 0 N–H and O–H groups in total. The summed E-state index contributed by atoms with van der Waals surface area (Å²) in [4.78, 5) is 11.9. The van der Waals surface area contributed by atoms with Crippen LogP contribution >= 0.6 is 0 Å². The van der Waals surface area contributed by atoms with Crippen LogP contribution in [0.1, 0.15) is 43.7 Å². The smallest absolute Gasteiger partial charge is 0.0985 e. The largest absolute Gasteiger partial charge is 0.310 e. The lowest BCUT2D eigenvalue weighted by Crippen LogP contribution is -2.20. The van der Waals surface area contributed by atoms with Crippen LogP contribution in [0.3, 0.4) is 0 Å². The van der Waals surface area contributed by atoms with E-state index in [2.05, 4.69) is 104 Å². The third-order valence-electron chi connectivity index (χ3n) is 8.03. The van der Waals surface area contributed by atoms with Crippen molar-refractivity contribution >= 4 is 38.8 Å². The normalized spacial score (nSPS) is 16.9. The Balaban J connectivity index is 1.51. The van der Waals surface area contributed by atoms with Gasteiger partial charge in [0.05, 0.1) is 16.7 Å². The van der Waals surface area contributed by atoms with Crippen molar-refractivity contribution in [3.8, 4) is 0 Å². The second-order valence-corrected chi connectivity index (χ2v) is 10.1. The van der Waals surface area contributed by atoms with Crippen LogP contribution in [0.5, 0.6) is 0 Å². The standard InChI is InChI=1S/C35H29N3/c1-3-31(29-18-9-17-28-27-16-8-7-15-26(27)23(2)33(28)29)38(25-13-5-4-6-14-25)32-22-24-12-10-20-36-34(24)35-30(32)19-11-21-37-35/h3-8,10-17,19-23H,9,18H2,1-2H3/b31-3+. The molecule has 2 aromatic heterocycles. The fraction of sp³-hybridized carbons (Fsp3) is 0.143. The first-order valence-corrected chi connectivity index (χ1v) is 13.4. The maximum absolute atomic E-state index is 4.81. The van der Waals surface area contributed by atoms with E-state index in [9.17, 15) is 0 Å². The number of allylic oxidation sites excluding steroid dienone is 5. The molecule has 38 heavy (non-hydrogen) atoms. The van der Waals surface area contributed by atoms with Crippen molar-refractivity contribution in [2.45, 2.75) is 32.6 Å². The minimum absolute atomic E-state index is 0.361. The molecule has 0 saturated carbocycles. The SMILES string of the molecule is C/C=C(\C1=C2C(=CCC1)c1ccccc1C2C)N(c1ccccc1)c1cc2cccnc2c2ncccc12. The lowest BCUT2D eigenvalue weighted by molar-refractivity contribution is 0.874. The van der Waals surface area contributed by atoms with Crippen molar-refractivity contribution in [1.82, 2.24) is 9.97 Å². The molecule has 1 atom stereocenters. The number of rotatable bonds is 4. The van der Waals surface area contributed by atoms with E-state index in [-0.39, 0.29) is 0 Å². The zero-order chi connectivity index (χ0) is 25.6. The molecular formula is C35H29N3. The third kappa shape index (κ3) is 3.42. The molecule has 0 saturated heterocycles. The number of hydrogen-bond donors (Lipinski definition) is 0. The van der Waals surface area contributed by atoms with E-state index in [0.29, 0.717) is 5.92 Å². The monoisotopic (exact) mass is 491 g/mol. The lowest BCUT2D eigenvalue weighted by Gasteiger charge is -2.33. The molecule has 0 bridgehead atoms. The van der Waals surface area contributed by atoms with E-state index >= 15 is 0 Å². The summed E-state index contributed by atoms with van der Waals surface area (Å²) in [6.45, 7) is 4.54. The van der Waals surface area contributed by atoms with Gasteiger partial charge >= 0.3 is 0 Å². The van der Waals surface area contributed by atoms with Crippen molar-refractivity contribution in [2.75, 3.05) is 4.90 Å². The Morgan fingerprint density at radius 1 is 0.868 bits per heavy atom. The van der Waals surface area contributed by atoms with E-state index < -0.39 is 0 Å². The quantitative estimate of drug-likeness (QED) is 0.235. The third-order valence-corrected chi connectivity index (χ3v) is 8.03. The minimum Gasteiger partial charge on any atom is -0.310 e. The number of aromatic nitrogens is 2. The molecule has 3 heteroatoms. The Bertz CT molecular complexity index is 1790. The van der Waals surface area contributed by atoms with E-state index in [4.69, 9.17) is 9.97 Å². The summed E-state index contributed by atoms with van der Waals surface area (Å²) in [7, 11) is 0. The second-order valence-electron chi connectivity index (χ2n) is 10.1. The Hall–Kier alpha value is -4.50. The van der Waals surface area contributed by atoms with Crippen LogP contribution in [0.25, 0.3) is 27.4 Å². The van der Waals surface area contributed by atoms with Crippen LogP contribution in [0.4, 0.5) is 11.4 Å². The van der Waals surface area contributed by atoms with Gasteiger partial charge in [-0.2, -0.15) is 0 Å². The van der Waals surface area contributed by atoms with Gasteiger partial charge in [0, 0.05) is 40.5 Å². The van der Waals surface area contributed by atoms with Crippen molar-refractivity contribution in [3.05, 3.63) is 137 Å². The highest BCUT2D eigenvalue weighted by Gasteiger charge is 2.34. The topological polar surface area (TPSA) is 29.0 Å². The first kappa shape index (κ1) is 22.7. The van der Waals surface area contributed by atoms with Crippen molar-refractivity contribution < 1.29 is 0 Å². The van der Waals surface area contributed by atoms with Crippen LogP contribution in [0.2, 0.25) is 0 Å². The van der Waals surface area contributed by atoms with Gasteiger partial charge in [0.1, 0.15) is 0 Å². The molecule has 2 aliphatic rings. The Labute approximate surface area is 223 Å². The van der Waals surface area contributed by atoms with Gasteiger partial charge in [-0.1, -0.05) is 67.6 Å². The molecule has 2 heterocycles. The van der Waals surface area contributed by atoms with E-state index in [0.717, 1.165) is 46.0 Å². The number of fused-ring (bicyclic) bond motifs is 6. The Morgan fingerprint density at radius 3 is 2.47 bits per heavy atom. The molecule has 7 rings (SSSR count). The van der Waals surface area contributed by atoms with Gasteiger partial charge in [-0.15, -0.1) is 0 Å². The fourth-order valence-electron chi connectivity index (χ4n) is 6.43. The molecule has 2 aliphatic carbocycles. The average Bonchev–Trinajstić information content (AvgIpc) is 3.28. The van der Waals surface area contributed by atoms with Crippen molar-refractivity contribution in [1.29, 1.82) is 0 Å². The van der Waals surface area contributed by atoms with Gasteiger partial charge in [0.25, 0.3) is 0 Å². The van der Waals surface area contributed by atoms with E-state index in [1.165, 1.54) is 33.5 Å². The number of hydrogen-bond acceptors (Lipinski definition) is 3. The Kier molecular flexibility index (Phi) is 5.44. The number of anilines is 2. The predicted octanol–water partition coefficient (Wildman–Crippen LogP) is 9.12. The first-order chi connectivity index (χ1) is 18.8. The molecule has 0 radical (unpaired) electrons. The highest BCUT2D eigenvalue weighted by atomic mass is 15.2. The molecule has 0 fully saturated rings. The number of pyridine rings is 2. The second kappa shape index (κ2) is 9.11. The summed E-state index contributed by atoms with van der Waals surface area (Å²) in [5.41, 5.74) is 12.5. The number of para-hydroxylation sites is 1. The molecule has 5 aromatic rings. The molecule has 3 nitrogen and oxygen atoms in total. The highest BCUT2D eigenvalue weighted by Crippen LogP contribution is 2.52. The van der Waals surface area contributed by atoms with E-state index in [1.54, 1.807) is 0 Å². The fourth-order valence-corrected chi connectivity index (χ4v) is 6.43. The molecule has 1 unspecified atom stereocenters. The Morgan fingerprint density at radius 2 is 1.63 bits per heavy atom. The van der Waals surface area contributed by atoms with Crippen LogP contribution in [-0.2, 0) is 0 Å². The summed E-state index contributed by atoms with van der Waals surface area (Å²) >= 11 is 0. The van der Waals surface area contributed by atoms with Gasteiger partial charge in [0.2, 0.25) is 0 Å².